The first kappa shape index (κ1) is 17.0. The minimum absolute atomic E-state index is 0.0180. The minimum atomic E-state index is -0.546. The molecule has 2 saturated carbocycles. The second-order valence-corrected chi connectivity index (χ2v) is 9.62. The van der Waals surface area contributed by atoms with E-state index in [1.807, 2.05) is 0 Å². The zero-order valence-corrected chi connectivity index (χ0v) is 16.2. The number of aryl methyl sites for hydroxylation is 1. The van der Waals surface area contributed by atoms with E-state index in [-0.39, 0.29) is 33.2 Å². The predicted molar refractivity (Wildman–Crippen MR) is 98.1 cm³/mol. The molecular formula is C19H24FIO3. The zero-order valence-electron chi connectivity index (χ0n) is 14.0. The van der Waals surface area contributed by atoms with E-state index >= 15 is 0 Å². The minimum Gasteiger partial charge on any atom is -0.505 e. The summed E-state index contributed by atoms with van der Waals surface area (Å²) in [7, 11) is 1.72. The van der Waals surface area contributed by atoms with Crippen molar-refractivity contribution in [1.82, 2.24) is 0 Å². The van der Waals surface area contributed by atoms with Crippen LogP contribution in [0.15, 0.2) is 12.1 Å². The lowest BCUT2D eigenvalue weighted by Gasteiger charge is -2.53. The molecule has 132 valence electrons. The largest absolute Gasteiger partial charge is 0.505 e. The number of alkyl halides is 1. The summed E-state index contributed by atoms with van der Waals surface area (Å²) in [6, 6.07) is 3.11. The molecule has 1 aromatic rings. The number of aliphatic hydroxyl groups is 1. The smallest absolute Gasteiger partial charge is 0.165 e. The molecule has 7 atom stereocenters. The molecule has 0 amide bonds. The van der Waals surface area contributed by atoms with Crippen LogP contribution in [0.2, 0.25) is 0 Å². The van der Waals surface area contributed by atoms with Crippen molar-refractivity contribution in [2.75, 3.05) is 7.11 Å². The van der Waals surface area contributed by atoms with Crippen LogP contribution < -0.4 is 0 Å². The van der Waals surface area contributed by atoms with Gasteiger partial charge in [-0.25, -0.2) is 4.39 Å². The van der Waals surface area contributed by atoms with Crippen LogP contribution in [0.5, 0.6) is 5.75 Å². The van der Waals surface area contributed by atoms with Crippen molar-refractivity contribution < 1.29 is 19.3 Å². The van der Waals surface area contributed by atoms with E-state index in [0.717, 1.165) is 36.8 Å². The third kappa shape index (κ3) is 2.27. The van der Waals surface area contributed by atoms with Crippen molar-refractivity contribution in [3.8, 4) is 5.75 Å². The van der Waals surface area contributed by atoms with Crippen molar-refractivity contribution in [1.29, 1.82) is 0 Å². The Morgan fingerprint density at radius 1 is 1.38 bits per heavy atom. The Bertz CT molecular complexity index is 666. The number of phenols is 1. The number of halogens is 2. The van der Waals surface area contributed by atoms with Crippen LogP contribution in [-0.4, -0.2) is 33.5 Å². The fraction of sp³-hybridized carbons (Fsp3) is 0.684. The summed E-state index contributed by atoms with van der Waals surface area (Å²) in [4.78, 5) is 0. The lowest BCUT2D eigenvalue weighted by Crippen LogP contribution is -2.50. The molecule has 3 nitrogen and oxygen atoms in total. The first-order valence-electron chi connectivity index (χ1n) is 8.73. The van der Waals surface area contributed by atoms with Gasteiger partial charge in [0.05, 0.1) is 12.2 Å². The normalized spacial score (nSPS) is 43.9. The topological polar surface area (TPSA) is 49.7 Å². The summed E-state index contributed by atoms with van der Waals surface area (Å²) in [6.45, 7) is 2.20. The number of rotatable bonds is 1. The maximum atomic E-state index is 14.0. The quantitative estimate of drug-likeness (QED) is 0.510. The molecule has 0 spiro atoms. The number of phenolic OH excluding ortho intramolecular Hbond substituents is 1. The summed E-state index contributed by atoms with van der Waals surface area (Å²) >= 11 is 2.38. The molecule has 1 aromatic carbocycles. The molecule has 0 saturated heterocycles. The second-order valence-electron chi connectivity index (χ2n) is 8.02. The fourth-order valence-electron chi connectivity index (χ4n) is 5.81. The first-order chi connectivity index (χ1) is 11.4. The number of methoxy groups -OCH3 is 1. The van der Waals surface area contributed by atoms with E-state index in [2.05, 4.69) is 29.5 Å². The van der Waals surface area contributed by atoms with Gasteiger partial charge in [-0.1, -0.05) is 29.5 Å². The first-order valence-corrected chi connectivity index (χ1v) is 9.97. The Morgan fingerprint density at radius 2 is 2.12 bits per heavy atom. The highest BCUT2D eigenvalue weighted by atomic mass is 127. The Kier molecular flexibility index (Phi) is 4.12. The highest BCUT2D eigenvalue weighted by Gasteiger charge is 2.60. The van der Waals surface area contributed by atoms with E-state index in [1.54, 1.807) is 13.2 Å². The predicted octanol–water partition coefficient (Wildman–Crippen LogP) is 3.79. The summed E-state index contributed by atoms with van der Waals surface area (Å²) in [5.74, 6) is 0.192. The molecule has 0 aliphatic heterocycles. The van der Waals surface area contributed by atoms with Gasteiger partial charge in [0.1, 0.15) is 0 Å². The van der Waals surface area contributed by atoms with Crippen LogP contribution in [0.3, 0.4) is 0 Å². The maximum absolute atomic E-state index is 14.0. The van der Waals surface area contributed by atoms with Gasteiger partial charge < -0.3 is 14.9 Å². The van der Waals surface area contributed by atoms with Gasteiger partial charge >= 0.3 is 0 Å². The molecular weight excluding hydrogens is 422 g/mol. The van der Waals surface area contributed by atoms with Crippen LogP contribution >= 0.6 is 22.6 Å². The van der Waals surface area contributed by atoms with Gasteiger partial charge in [-0.15, -0.1) is 0 Å². The van der Waals surface area contributed by atoms with Gasteiger partial charge in [0.15, 0.2) is 11.6 Å². The maximum Gasteiger partial charge on any atom is 0.165 e. The number of ether oxygens (including phenoxy) is 1. The van der Waals surface area contributed by atoms with Crippen molar-refractivity contribution in [3.05, 3.63) is 29.1 Å². The molecule has 0 aromatic heterocycles. The number of aromatic hydroxyl groups is 1. The highest BCUT2D eigenvalue weighted by Crippen LogP contribution is 2.62. The molecule has 0 heterocycles. The SMILES string of the molecule is CO[C@H]1C[C@]2(C)[C@@H](O)[C@H](I)C[C@H]2[C@@H]2CCc3cc(O)c(F)cc3[C@H]21. The summed E-state index contributed by atoms with van der Waals surface area (Å²) in [5, 5.41) is 20.5. The molecule has 24 heavy (non-hydrogen) atoms. The average Bonchev–Trinajstić information content (AvgIpc) is 2.78. The zero-order chi connectivity index (χ0) is 17.2. The molecule has 3 aliphatic carbocycles. The van der Waals surface area contributed by atoms with E-state index in [9.17, 15) is 14.6 Å². The molecule has 0 unspecified atom stereocenters. The van der Waals surface area contributed by atoms with Crippen LogP contribution in [-0.2, 0) is 11.2 Å². The Hall–Kier alpha value is -0.400. The van der Waals surface area contributed by atoms with Crippen LogP contribution in [0.25, 0.3) is 0 Å². The monoisotopic (exact) mass is 446 g/mol. The number of hydrogen-bond donors (Lipinski definition) is 2. The summed E-state index contributed by atoms with van der Waals surface area (Å²) < 4.78 is 20.1. The van der Waals surface area contributed by atoms with Crippen molar-refractivity contribution in [3.63, 3.8) is 0 Å². The van der Waals surface area contributed by atoms with E-state index < -0.39 is 5.82 Å². The molecule has 5 heteroatoms. The fourth-order valence-corrected chi connectivity index (χ4v) is 7.18. The standard InChI is InChI=1S/C19H24FIO3/c1-19-8-16(24-2)17-10(12(19)7-14(21)18(19)23)4-3-9-5-15(22)13(20)6-11(9)17/h5-6,10,12,14,16-18,22-23H,3-4,7-8H2,1-2H3/t10-,12-,14+,16-,17-,18-,19-/m0/s1. The highest BCUT2D eigenvalue weighted by molar-refractivity contribution is 14.1. The van der Waals surface area contributed by atoms with Crippen molar-refractivity contribution in [2.45, 2.75) is 54.7 Å². The van der Waals surface area contributed by atoms with Crippen LogP contribution in [0, 0.1) is 23.1 Å². The Balaban J connectivity index is 1.80. The third-order valence-corrected chi connectivity index (χ3v) is 8.17. The molecule has 4 rings (SSSR count). The number of hydrogen-bond acceptors (Lipinski definition) is 3. The summed E-state index contributed by atoms with van der Waals surface area (Å²) in [5.41, 5.74) is 1.92. The van der Waals surface area contributed by atoms with Gasteiger partial charge in [0.25, 0.3) is 0 Å². The second kappa shape index (κ2) is 5.81. The number of benzene rings is 1. The third-order valence-electron chi connectivity index (χ3n) is 6.98. The lowest BCUT2D eigenvalue weighted by atomic mass is 9.54. The molecule has 2 fully saturated rings. The van der Waals surface area contributed by atoms with Gasteiger partial charge in [-0.3, -0.25) is 0 Å². The molecule has 2 N–H and O–H groups in total. The van der Waals surface area contributed by atoms with Gasteiger partial charge in [0.2, 0.25) is 0 Å². The van der Waals surface area contributed by atoms with Crippen molar-refractivity contribution in [2.24, 2.45) is 17.3 Å². The van der Waals surface area contributed by atoms with E-state index in [1.165, 1.54) is 6.07 Å². The number of aliphatic hydroxyl groups excluding tert-OH is 1. The molecule has 0 radical (unpaired) electrons. The Morgan fingerprint density at radius 3 is 2.83 bits per heavy atom. The average molecular weight is 446 g/mol. The summed E-state index contributed by atoms with van der Waals surface area (Å²) in [6.07, 6.45) is 3.37. The van der Waals surface area contributed by atoms with Crippen molar-refractivity contribution >= 4 is 22.6 Å². The van der Waals surface area contributed by atoms with E-state index in [4.69, 9.17) is 4.74 Å². The number of fused-ring (bicyclic) bond motifs is 5. The van der Waals surface area contributed by atoms with Crippen LogP contribution in [0.1, 0.15) is 43.2 Å². The van der Waals surface area contributed by atoms with Gasteiger partial charge in [-0.05, 0) is 60.8 Å². The van der Waals surface area contributed by atoms with E-state index in [0.29, 0.717) is 11.8 Å². The van der Waals surface area contributed by atoms with Gasteiger partial charge in [-0.2, -0.15) is 0 Å². The van der Waals surface area contributed by atoms with Crippen LogP contribution in [0.4, 0.5) is 4.39 Å². The molecule has 0 bridgehead atoms. The van der Waals surface area contributed by atoms with Gasteiger partial charge in [0, 0.05) is 22.4 Å². The lowest BCUT2D eigenvalue weighted by molar-refractivity contribution is -0.0923. The molecule has 3 aliphatic rings. The Labute approximate surface area is 155 Å².